The summed E-state index contributed by atoms with van der Waals surface area (Å²) in [6.07, 6.45) is 1.67. The molecule has 158 valence electrons. The van der Waals surface area contributed by atoms with Crippen LogP contribution in [0.2, 0.25) is 10.0 Å². The molecule has 2 aromatic carbocycles. The van der Waals surface area contributed by atoms with Gasteiger partial charge in [-0.3, -0.25) is 9.69 Å². The van der Waals surface area contributed by atoms with Crippen molar-refractivity contribution in [1.29, 1.82) is 0 Å². The third-order valence-electron chi connectivity index (χ3n) is 5.03. The molecule has 6 nitrogen and oxygen atoms in total. The Morgan fingerprint density at radius 2 is 1.77 bits per heavy atom. The molecule has 3 aromatic rings. The quantitative estimate of drug-likeness (QED) is 0.425. The number of aromatic nitrogens is 1. The number of rotatable bonds is 5. The Bertz CT molecular complexity index is 1200. The average Bonchev–Trinajstić information content (AvgIpc) is 3.24. The van der Waals surface area contributed by atoms with E-state index in [1.807, 2.05) is 47.9 Å². The number of nitrogens with one attached hydrogen (secondary N) is 1. The van der Waals surface area contributed by atoms with E-state index in [4.69, 9.17) is 27.9 Å². The molecule has 1 fully saturated rings. The highest BCUT2D eigenvalue weighted by molar-refractivity contribution is 6.35. The van der Waals surface area contributed by atoms with Crippen LogP contribution in [0.3, 0.4) is 0 Å². The van der Waals surface area contributed by atoms with Gasteiger partial charge in [0.05, 0.1) is 13.7 Å². The van der Waals surface area contributed by atoms with Gasteiger partial charge in [-0.05, 0) is 67.1 Å². The fourth-order valence-electron chi connectivity index (χ4n) is 3.44. The van der Waals surface area contributed by atoms with E-state index in [1.165, 1.54) is 0 Å². The topological polar surface area (TPSA) is 63.6 Å². The first-order valence-corrected chi connectivity index (χ1v) is 10.2. The second-order valence-electron chi connectivity index (χ2n) is 7.05. The molecule has 2 heterocycles. The Morgan fingerprint density at radius 3 is 2.45 bits per heavy atom. The third-order valence-corrected chi connectivity index (χ3v) is 5.62. The van der Waals surface area contributed by atoms with Crippen LogP contribution in [0, 0.1) is 6.92 Å². The maximum absolute atomic E-state index is 12.9. The zero-order chi connectivity index (χ0) is 22.1. The van der Waals surface area contributed by atoms with Crippen molar-refractivity contribution in [2.75, 3.05) is 7.11 Å². The lowest BCUT2D eigenvalue weighted by Gasteiger charge is -2.13. The highest BCUT2D eigenvalue weighted by atomic mass is 35.5. The molecule has 0 atom stereocenters. The van der Waals surface area contributed by atoms with Crippen LogP contribution in [0.4, 0.5) is 4.79 Å². The van der Waals surface area contributed by atoms with E-state index in [9.17, 15) is 9.59 Å². The molecule has 4 rings (SSSR count). The van der Waals surface area contributed by atoms with E-state index in [0.717, 1.165) is 27.7 Å². The van der Waals surface area contributed by atoms with Gasteiger partial charge in [0.2, 0.25) is 0 Å². The summed E-state index contributed by atoms with van der Waals surface area (Å²) in [5.74, 6) is 0.333. The summed E-state index contributed by atoms with van der Waals surface area (Å²) in [5, 5.41) is 3.54. The van der Waals surface area contributed by atoms with Gasteiger partial charge in [-0.2, -0.15) is 0 Å². The van der Waals surface area contributed by atoms with Crippen molar-refractivity contribution < 1.29 is 14.3 Å². The van der Waals surface area contributed by atoms with Gasteiger partial charge >= 0.3 is 6.03 Å². The van der Waals surface area contributed by atoms with Gasteiger partial charge in [0.1, 0.15) is 11.4 Å². The highest BCUT2D eigenvalue weighted by Gasteiger charge is 2.34. The molecule has 31 heavy (non-hydrogen) atoms. The zero-order valence-electron chi connectivity index (χ0n) is 16.9. The molecule has 1 saturated heterocycles. The van der Waals surface area contributed by atoms with Crippen molar-refractivity contribution in [3.8, 4) is 11.4 Å². The zero-order valence-corrected chi connectivity index (χ0v) is 18.4. The summed E-state index contributed by atoms with van der Waals surface area (Å²) in [6, 6.07) is 15.9. The first kappa shape index (κ1) is 21.0. The number of carbonyl (C=O) groups is 2. The summed E-state index contributed by atoms with van der Waals surface area (Å²) in [6.45, 7) is 2.02. The molecular weight excluding hydrogens is 437 g/mol. The number of amides is 3. The van der Waals surface area contributed by atoms with Crippen LogP contribution in [0.1, 0.15) is 17.0 Å². The Hall–Kier alpha value is -3.22. The molecule has 1 aliphatic rings. The van der Waals surface area contributed by atoms with Crippen LogP contribution in [-0.4, -0.2) is 28.5 Å². The fraction of sp³-hybridized carbons (Fsp3) is 0.130. The van der Waals surface area contributed by atoms with Gasteiger partial charge in [-0.15, -0.1) is 0 Å². The molecule has 8 heteroatoms. The van der Waals surface area contributed by atoms with Crippen LogP contribution in [0.15, 0.2) is 60.3 Å². The van der Waals surface area contributed by atoms with Crippen molar-refractivity contribution >= 4 is 41.2 Å². The number of imide groups is 1. The van der Waals surface area contributed by atoms with Crippen molar-refractivity contribution in [2.24, 2.45) is 0 Å². The maximum Gasteiger partial charge on any atom is 0.329 e. The Kier molecular flexibility index (Phi) is 5.76. The summed E-state index contributed by atoms with van der Waals surface area (Å²) in [7, 11) is 1.61. The summed E-state index contributed by atoms with van der Waals surface area (Å²) < 4.78 is 7.21. The van der Waals surface area contributed by atoms with Gasteiger partial charge in [0.25, 0.3) is 5.91 Å². The number of urea groups is 1. The standard InChI is InChI=1S/C23H19Cl2N3O3/c1-14-3-6-18(28(14)17-7-9-19(31-2)10-8-17)12-21-22(29)27(23(30)26-21)13-15-4-5-16(24)11-20(15)25/h3-12H,13H2,1-2H3,(H,26,30)/b21-12-. The number of hydrogen-bond donors (Lipinski definition) is 1. The summed E-state index contributed by atoms with van der Waals surface area (Å²) in [4.78, 5) is 26.5. The molecule has 0 bridgehead atoms. The van der Waals surface area contributed by atoms with Crippen LogP contribution in [0.25, 0.3) is 11.8 Å². The van der Waals surface area contributed by atoms with Crippen molar-refractivity contribution in [2.45, 2.75) is 13.5 Å². The smallest absolute Gasteiger partial charge is 0.329 e. The van der Waals surface area contributed by atoms with Crippen LogP contribution >= 0.6 is 23.2 Å². The molecule has 0 aliphatic carbocycles. The number of nitrogens with zero attached hydrogens (tertiary/aromatic N) is 2. The van der Waals surface area contributed by atoms with Crippen molar-refractivity contribution in [1.82, 2.24) is 14.8 Å². The minimum atomic E-state index is -0.499. The maximum atomic E-state index is 12.9. The van der Waals surface area contributed by atoms with Gasteiger partial charge in [-0.1, -0.05) is 29.3 Å². The molecule has 0 radical (unpaired) electrons. The molecule has 0 unspecified atom stereocenters. The van der Waals surface area contributed by atoms with Crippen molar-refractivity contribution in [3.05, 3.63) is 87.3 Å². The molecule has 3 amide bonds. The lowest BCUT2D eigenvalue weighted by Crippen LogP contribution is -2.30. The van der Waals surface area contributed by atoms with E-state index < -0.39 is 11.9 Å². The average molecular weight is 456 g/mol. The molecule has 1 aliphatic heterocycles. The van der Waals surface area contributed by atoms with Gasteiger partial charge in [0.15, 0.2) is 0 Å². The number of benzene rings is 2. The first-order valence-electron chi connectivity index (χ1n) is 9.48. The lowest BCUT2D eigenvalue weighted by molar-refractivity contribution is -0.123. The third kappa shape index (κ3) is 4.17. The predicted octanol–water partition coefficient (Wildman–Crippen LogP) is 5.19. The van der Waals surface area contributed by atoms with Crippen LogP contribution in [0.5, 0.6) is 5.75 Å². The van der Waals surface area contributed by atoms with Crippen molar-refractivity contribution in [3.63, 3.8) is 0 Å². The van der Waals surface area contributed by atoms with Crippen LogP contribution in [-0.2, 0) is 11.3 Å². The van der Waals surface area contributed by atoms with Crippen LogP contribution < -0.4 is 10.1 Å². The Morgan fingerprint density at radius 1 is 1.03 bits per heavy atom. The summed E-state index contributed by atoms with van der Waals surface area (Å²) in [5.41, 5.74) is 3.49. The van der Waals surface area contributed by atoms with E-state index in [2.05, 4.69) is 5.32 Å². The molecular formula is C23H19Cl2N3O3. The predicted molar refractivity (Wildman–Crippen MR) is 121 cm³/mol. The normalized spacial score (nSPS) is 15.0. The van der Waals surface area contributed by atoms with Gasteiger partial charge in [0, 0.05) is 27.1 Å². The molecule has 1 aromatic heterocycles. The fourth-order valence-corrected chi connectivity index (χ4v) is 3.91. The largest absolute Gasteiger partial charge is 0.497 e. The van der Waals surface area contributed by atoms with Gasteiger partial charge < -0.3 is 14.6 Å². The number of hydrogen-bond acceptors (Lipinski definition) is 3. The lowest BCUT2D eigenvalue weighted by atomic mass is 10.2. The SMILES string of the molecule is COc1ccc(-n2c(C)ccc2/C=C2\NC(=O)N(Cc3ccc(Cl)cc3Cl)C2=O)cc1. The molecule has 1 N–H and O–H groups in total. The molecule has 0 spiro atoms. The second-order valence-corrected chi connectivity index (χ2v) is 7.89. The van der Waals surface area contributed by atoms with E-state index in [0.29, 0.717) is 15.6 Å². The van der Waals surface area contributed by atoms with E-state index >= 15 is 0 Å². The summed E-state index contributed by atoms with van der Waals surface area (Å²) >= 11 is 12.1. The second kappa shape index (κ2) is 8.49. The van der Waals surface area contributed by atoms with Gasteiger partial charge in [-0.25, -0.2) is 4.79 Å². The number of methoxy groups -OCH3 is 1. The molecule has 0 saturated carbocycles. The minimum absolute atomic E-state index is 0.0521. The monoisotopic (exact) mass is 455 g/mol. The number of ether oxygens (including phenoxy) is 1. The minimum Gasteiger partial charge on any atom is -0.497 e. The number of aryl methyl sites for hydroxylation is 1. The first-order chi connectivity index (χ1) is 14.9. The Labute approximate surface area is 189 Å². The Balaban J connectivity index is 1.63. The number of carbonyl (C=O) groups excluding carboxylic acids is 2. The van der Waals surface area contributed by atoms with E-state index in [-0.39, 0.29) is 12.2 Å². The number of halogens is 2. The highest BCUT2D eigenvalue weighted by Crippen LogP contribution is 2.26. The van der Waals surface area contributed by atoms with E-state index in [1.54, 1.807) is 31.4 Å².